The van der Waals surface area contributed by atoms with Gasteiger partial charge < -0.3 is 30.5 Å². The van der Waals surface area contributed by atoms with E-state index < -0.39 is 47.3 Å². The molecule has 12 nitrogen and oxygen atoms in total. The van der Waals surface area contributed by atoms with Gasteiger partial charge in [0.2, 0.25) is 11.8 Å². The Bertz CT molecular complexity index is 1600. The van der Waals surface area contributed by atoms with Gasteiger partial charge in [0.05, 0.1) is 5.52 Å². The molecule has 3 amide bonds. The van der Waals surface area contributed by atoms with Crippen molar-refractivity contribution in [3.8, 4) is 0 Å². The van der Waals surface area contributed by atoms with Crippen molar-refractivity contribution >= 4 is 40.9 Å². The van der Waals surface area contributed by atoms with Crippen LogP contribution in [0.1, 0.15) is 144 Å². The number of carbonyl (C=O) groups excluding carboxylic acids is 4. The monoisotopic (exact) mass is 781 g/mol. The van der Waals surface area contributed by atoms with Crippen molar-refractivity contribution in [3.63, 3.8) is 0 Å². The first-order chi connectivity index (χ1) is 26.5. The van der Waals surface area contributed by atoms with Crippen LogP contribution in [0.5, 0.6) is 0 Å². The third-order valence-corrected chi connectivity index (χ3v) is 8.77. The molecule has 0 radical (unpaired) electrons. The summed E-state index contributed by atoms with van der Waals surface area (Å²) in [7, 11) is 0. The summed E-state index contributed by atoms with van der Waals surface area (Å²) in [6.07, 6.45) is 21.4. The molecule has 0 saturated heterocycles. The maximum Gasteiger partial charge on any atom is 0.419 e. The topological polar surface area (TPSA) is 165 Å². The average Bonchev–Trinajstić information content (AvgIpc) is 3.47. The van der Waals surface area contributed by atoms with Gasteiger partial charge in [0.1, 0.15) is 23.3 Å². The molecule has 2 atom stereocenters. The largest absolute Gasteiger partial charge is 0.480 e. The number of hydrogen-bond donors (Lipinski definition) is 4. The number of carbonyl (C=O) groups is 5. The Morgan fingerprint density at radius 3 is 2.04 bits per heavy atom. The number of amides is 3. The molecule has 56 heavy (non-hydrogen) atoms. The molecule has 0 aliphatic carbocycles. The van der Waals surface area contributed by atoms with Gasteiger partial charge in [-0.15, -0.1) is 0 Å². The smallest absolute Gasteiger partial charge is 0.419 e. The Morgan fingerprint density at radius 2 is 1.39 bits per heavy atom. The molecule has 1 aromatic heterocycles. The number of unbranched alkanes of at least 4 members (excludes halogenated alkanes) is 8. The number of nitrogens with zero attached hydrogens (tertiary/aromatic N) is 1. The molecule has 0 fully saturated rings. The van der Waals surface area contributed by atoms with Crippen LogP contribution in [0.2, 0.25) is 0 Å². The fraction of sp³-hybridized carbons (Fsp3) is 0.614. The summed E-state index contributed by atoms with van der Waals surface area (Å²) in [6.45, 7) is 12.9. The molecular formula is C44H68N4O8. The predicted molar refractivity (Wildman–Crippen MR) is 222 cm³/mol. The fourth-order valence-electron chi connectivity index (χ4n) is 6.01. The van der Waals surface area contributed by atoms with Crippen LogP contribution in [-0.4, -0.2) is 69.5 Å². The Morgan fingerprint density at radius 1 is 0.768 bits per heavy atom. The zero-order chi connectivity index (χ0) is 41.6. The minimum absolute atomic E-state index is 0.00257. The Labute approximate surface area is 334 Å². The van der Waals surface area contributed by atoms with Gasteiger partial charge in [-0.1, -0.05) is 81.5 Å². The number of rotatable bonds is 24. The van der Waals surface area contributed by atoms with Gasteiger partial charge >= 0.3 is 18.2 Å². The summed E-state index contributed by atoms with van der Waals surface area (Å²) in [5.41, 5.74) is -0.233. The van der Waals surface area contributed by atoms with Gasteiger partial charge in [0.15, 0.2) is 0 Å². The lowest BCUT2D eigenvalue weighted by atomic mass is 10.0. The number of benzene rings is 1. The van der Waals surface area contributed by atoms with E-state index in [4.69, 9.17) is 9.47 Å². The molecule has 0 aliphatic heterocycles. The number of hydrogen-bond acceptors (Lipinski definition) is 7. The van der Waals surface area contributed by atoms with Gasteiger partial charge in [0, 0.05) is 31.0 Å². The van der Waals surface area contributed by atoms with E-state index in [1.165, 1.54) is 23.8 Å². The van der Waals surface area contributed by atoms with Crippen LogP contribution in [-0.2, 0) is 30.3 Å². The number of carboxylic acids is 1. The SMILES string of the molecule is CCCCC/C=C\C/C=C\CCCCCCCC(=O)NC(Cc1cn(C(=O)OC(C)(C)C)c2ccccc12)C(=O)NC(CCCNC(=O)OC(C)(C)C)C(=O)O. The van der Waals surface area contributed by atoms with Crippen LogP contribution >= 0.6 is 0 Å². The second-order valence-electron chi connectivity index (χ2n) is 16.3. The van der Waals surface area contributed by atoms with Crippen LogP contribution in [0.15, 0.2) is 54.8 Å². The second kappa shape index (κ2) is 24.8. The molecule has 0 bridgehead atoms. The van der Waals surface area contributed by atoms with Gasteiger partial charge in [-0.3, -0.25) is 14.2 Å². The van der Waals surface area contributed by atoms with E-state index in [2.05, 4.69) is 47.2 Å². The Hall–Kier alpha value is -4.61. The Kier molecular flexibility index (Phi) is 21.1. The van der Waals surface area contributed by atoms with Crippen molar-refractivity contribution in [1.82, 2.24) is 20.5 Å². The number of nitrogens with one attached hydrogen (secondary N) is 3. The van der Waals surface area contributed by atoms with Crippen molar-refractivity contribution in [2.75, 3.05) is 6.54 Å². The molecule has 2 unspecified atom stereocenters. The summed E-state index contributed by atoms with van der Waals surface area (Å²) in [6, 6.07) is 4.80. The first-order valence-corrected chi connectivity index (χ1v) is 20.4. The van der Waals surface area contributed by atoms with E-state index in [0.29, 0.717) is 22.9 Å². The van der Waals surface area contributed by atoms with Crippen molar-refractivity contribution in [1.29, 1.82) is 0 Å². The van der Waals surface area contributed by atoms with E-state index in [9.17, 15) is 29.1 Å². The maximum absolute atomic E-state index is 13.8. The van der Waals surface area contributed by atoms with Gasteiger partial charge in [-0.2, -0.15) is 0 Å². The van der Waals surface area contributed by atoms with Crippen molar-refractivity contribution < 1.29 is 38.6 Å². The Balaban J connectivity index is 2.05. The van der Waals surface area contributed by atoms with Crippen molar-refractivity contribution in [3.05, 3.63) is 60.3 Å². The van der Waals surface area contributed by atoms with E-state index in [0.717, 1.165) is 44.9 Å². The predicted octanol–water partition coefficient (Wildman–Crippen LogP) is 9.14. The maximum atomic E-state index is 13.8. The van der Waals surface area contributed by atoms with Crippen LogP contribution in [0.25, 0.3) is 10.9 Å². The number of para-hydroxylation sites is 1. The molecule has 312 valence electrons. The first kappa shape index (κ1) is 47.5. The molecule has 1 heterocycles. The number of allylic oxidation sites excluding steroid dienone is 4. The van der Waals surface area contributed by atoms with Gasteiger partial charge in [-0.25, -0.2) is 14.4 Å². The number of ether oxygens (including phenoxy) is 2. The van der Waals surface area contributed by atoms with E-state index in [1.54, 1.807) is 59.9 Å². The molecular weight excluding hydrogens is 713 g/mol. The normalized spacial score (nSPS) is 13.1. The molecule has 0 saturated carbocycles. The second-order valence-corrected chi connectivity index (χ2v) is 16.3. The number of fused-ring (bicyclic) bond motifs is 1. The number of carboxylic acid groups (broad SMARTS) is 1. The summed E-state index contributed by atoms with van der Waals surface area (Å²) in [5.74, 6) is -2.23. The fourth-order valence-corrected chi connectivity index (χ4v) is 6.01. The lowest BCUT2D eigenvalue weighted by molar-refractivity contribution is -0.142. The summed E-state index contributed by atoms with van der Waals surface area (Å²) in [4.78, 5) is 64.4. The van der Waals surface area contributed by atoms with Crippen LogP contribution in [0.3, 0.4) is 0 Å². The highest BCUT2D eigenvalue weighted by molar-refractivity contribution is 5.94. The van der Waals surface area contributed by atoms with E-state index in [-0.39, 0.29) is 38.1 Å². The standard InChI is InChI=1S/C44H68N4O8/c1-8-9-10-11-12-13-14-15-16-17-18-19-20-21-22-29-38(49)46-36(39(50)47-35(40(51)52)27-25-30-45-41(53)55-43(2,3)4)31-33-32-48(42(54)56-44(5,6)7)37-28-24-23-26-34(33)37/h12-13,15-16,23-24,26,28,32,35-36H,8-11,14,17-22,25,27,29-31H2,1-7H3,(H,45,53)(H,46,49)(H,47,50)(H,51,52)/b13-12-,16-15-. The lowest BCUT2D eigenvalue weighted by Gasteiger charge is -2.22. The molecule has 0 spiro atoms. The van der Waals surface area contributed by atoms with Crippen molar-refractivity contribution in [2.45, 2.75) is 168 Å². The van der Waals surface area contributed by atoms with Crippen molar-refractivity contribution in [2.24, 2.45) is 0 Å². The van der Waals surface area contributed by atoms with E-state index >= 15 is 0 Å². The highest BCUT2D eigenvalue weighted by Gasteiger charge is 2.29. The molecule has 2 aromatic rings. The average molecular weight is 781 g/mol. The zero-order valence-electron chi connectivity index (χ0n) is 34.9. The number of aromatic nitrogens is 1. The molecule has 4 N–H and O–H groups in total. The first-order valence-electron chi connectivity index (χ1n) is 20.4. The minimum Gasteiger partial charge on any atom is -0.480 e. The van der Waals surface area contributed by atoms with E-state index in [1.807, 2.05) is 12.1 Å². The van der Waals surface area contributed by atoms with Crippen LogP contribution in [0, 0.1) is 0 Å². The van der Waals surface area contributed by atoms with Gasteiger partial charge in [-0.05, 0) is 105 Å². The number of alkyl carbamates (subject to hydrolysis) is 1. The zero-order valence-corrected chi connectivity index (χ0v) is 34.9. The minimum atomic E-state index is -1.27. The summed E-state index contributed by atoms with van der Waals surface area (Å²) in [5, 5.41) is 18.7. The third-order valence-electron chi connectivity index (χ3n) is 8.77. The van der Waals surface area contributed by atoms with Gasteiger partial charge in [0.25, 0.3) is 0 Å². The molecule has 1 aromatic carbocycles. The third kappa shape index (κ3) is 19.8. The van der Waals surface area contributed by atoms with Crippen LogP contribution in [0.4, 0.5) is 9.59 Å². The lowest BCUT2D eigenvalue weighted by Crippen LogP contribution is -2.52. The molecule has 0 aliphatic rings. The van der Waals surface area contributed by atoms with Crippen LogP contribution < -0.4 is 16.0 Å². The highest BCUT2D eigenvalue weighted by Crippen LogP contribution is 2.24. The number of aliphatic carboxylic acids is 1. The summed E-state index contributed by atoms with van der Waals surface area (Å²) < 4.78 is 12.2. The highest BCUT2D eigenvalue weighted by atomic mass is 16.6. The molecule has 2 rings (SSSR count). The summed E-state index contributed by atoms with van der Waals surface area (Å²) >= 11 is 0. The quantitative estimate of drug-likeness (QED) is 0.0605. The molecule has 12 heteroatoms.